The highest BCUT2D eigenvalue weighted by atomic mass is 32.1. The second-order valence-electron chi connectivity index (χ2n) is 6.29. The minimum Gasteiger partial charge on any atom is -0.473 e. The third kappa shape index (κ3) is 2.49. The molecule has 10 heteroatoms. The maximum atomic E-state index is 10.8. The summed E-state index contributed by atoms with van der Waals surface area (Å²) in [6.07, 6.45) is 1.75. The molecule has 3 aromatic rings. The van der Waals surface area contributed by atoms with Crippen molar-refractivity contribution in [3.8, 4) is 16.5 Å². The van der Waals surface area contributed by atoms with Crippen molar-refractivity contribution in [1.29, 1.82) is 0 Å². The molecule has 0 radical (unpaired) electrons. The van der Waals surface area contributed by atoms with Crippen LogP contribution in [0.15, 0.2) is 24.1 Å². The fourth-order valence-electron chi connectivity index (χ4n) is 3.24. The van der Waals surface area contributed by atoms with Crippen molar-refractivity contribution >= 4 is 22.4 Å². The van der Waals surface area contributed by atoms with Gasteiger partial charge < -0.3 is 29.4 Å². The van der Waals surface area contributed by atoms with Gasteiger partial charge in [0.15, 0.2) is 6.23 Å². The van der Waals surface area contributed by atoms with Crippen molar-refractivity contribution in [2.75, 3.05) is 13.7 Å². The summed E-state index contributed by atoms with van der Waals surface area (Å²) in [7, 11) is 1.55. The number of ether oxygens (including phenoxy) is 2. The van der Waals surface area contributed by atoms with Crippen LogP contribution in [0.25, 0.3) is 22.3 Å². The average Bonchev–Trinajstić information content (AvgIpc) is 3.31. The SMILES string of the molecule is COc1nc(-c2cn([C@@H]3O[C@H](CO)[C@@H](O)[C@@]3(C)O)c3ncncc23)cs1. The zero-order chi connectivity index (χ0) is 18.5. The van der Waals surface area contributed by atoms with Gasteiger partial charge in [-0.2, -0.15) is 0 Å². The number of aliphatic hydroxyl groups excluding tert-OH is 2. The third-order valence-electron chi connectivity index (χ3n) is 4.62. The second kappa shape index (κ2) is 6.25. The van der Waals surface area contributed by atoms with E-state index in [0.29, 0.717) is 16.5 Å². The van der Waals surface area contributed by atoms with Crippen molar-refractivity contribution in [3.63, 3.8) is 0 Å². The van der Waals surface area contributed by atoms with Crippen molar-refractivity contribution in [2.24, 2.45) is 0 Å². The normalized spacial score (nSPS) is 28.7. The van der Waals surface area contributed by atoms with Crippen molar-refractivity contribution in [3.05, 3.63) is 24.1 Å². The molecule has 4 atom stereocenters. The van der Waals surface area contributed by atoms with Crippen LogP contribution in [-0.2, 0) is 4.74 Å². The van der Waals surface area contributed by atoms with Gasteiger partial charge >= 0.3 is 0 Å². The lowest BCUT2D eigenvalue weighted by Gasteiger charge is -2.27. The van der Waals surface area contributed by atoms with Crippen LogP contribution in [0.4, 0.5) is 0 Å². The van der Waals surface area contributed by atoms with Crippen molar-refractivity contribution < 1.29 is 24.8 Å². The third-order valence-corrected chi connectivity index (χ3v) is 5.42. The number of hydrogen-bond donors (Lipinski definition) is 3. The van der Waals surface area contributed by atoms with Gasteiger partial charge in [-0.1, -0.05) is 11.3 Å². The molecule has 138 valence electrons. The van der Waals surface area contributed by atoms with Gasteiger partial charge in [0, 0.05) is 28.7 Å². The summed E-state index contributed by atoms with van der Waals surface area (Å²) < 4.78 is 12.5. The first-order chi connectivity index (χ1) is 12.5. The second-order valence-corrected chi connectivity index (χ2v) is 7.11. The molecule has 3 N–H and O–H groups in total. The molecule has 0 saturated carbocycles. The summed E-state index contributed by atoms with van der Waals surface area (Å²) in [6.45, 7) is 1.06. The van der Waals surface area contributed by atoms with Crippen LogP contribution < -0.4 is 4.74 Å². The maximum Gasteiger partial charge on any atom is 0.273 e. The van der Waals surface area contributed by atoms with Crippen molar-refractivity contribution in [2.45, 2.75) is 31.0 Å². The first-order valence-electron chi connectivity index (χ1n) is 7.94. The molecule has 4 heterocycles. The highest BCUT2D eigenvalue weighted by Gasteiger charge is 2.53. The van der Waals surface area contributed by atoms with E-state index in [2.05, 4.69) is 15.0 Å². The van der Waals surface area contributed by atoms with E-state index in [9.17, 15) is 15.3 Å². The Labute approximate surface area is 152 Å². The van der Waals surface area contributed by atoms with E-state index in [-0.39, 0.29) is 0 Å². The fourth-order valence-corrected chi connectivity index (χ4v) is 3.88. The van der Waals surface area contributed by atoms with Gasteiger partial charge in [0.25, 0.3) is 5.19 Å². The van der Waals surface area contributed by atoms with E-state index in [1.54, 1.807) is 24.1 Å². The molecule has 0 unspecified atom stereocenters. The molecule has 1 fully saturated rings. The number of methoxy groups -OCH3 is 1. The Balaban J connectivity index is 1.86. The van der Waals surface area contributed by atoms with E-state index in [0.717, 1.165) is 10.9 Å². The summed E-state index contributed by atoms with van der Waals surface area (Å²) >= 11 is 1.36. The largest absolute Gasteiger partial charge is 0.473 e. The molecule has 0 aliphatic carbocycles. The average molecular weight is 378 g/mol. The minimum absolute atomic E-state index is 0.405. The van der Waals surface area contributed by atoms with Crippen LogP contribution in [0.2, 0.25) is 0 Å². The molecule has 26 heavy (non-hydrogen) atoms. The summed E-state index contributed by atoms with van der Waals surface area (Å²) in [5.74, 6) is 0. The number of rotatable bonds is 4. The van der Waals surface area contributed by atoms with Gasteiger partial charge in [-0.05, 0) is 6.92 Å². The van der Waals surface area contributed by atoms with Crippen molar-refractivity contribution in [1.82, 2.24) is 19.5 Å². The Morgan fingerprint density at radius 3 is 2.92 bits per heavy atom. The Kier molecular flexibility index (Phi) is 4.16. The number of thiazole rings is 1. The molecule has 0 bridgehead atoms. The van der Waals surface area contributed by atoms with E-state index in [4.69, 9.17) is 9.47 Å². The van der Waals surface area contributed by atoms with Crippen LogP contribution in [0.1, 0.15) is 13.2 Å². The number of nitrogens with zero attached hydrogens (tertiary/aromatic N) is 4. The molecule has 0 aromatic carbocycles. The Morgan fingerprint density at radius 2 is 2.27 bits per heavy atom. The molecule has 3 aromatic heterocycles. The van der Waals surface area contributed by atoms with E-state index < -0.39 is 30.6 Å². The lowest BCUT2D eigenvalue weighted by molar-refractivity contribution is -0.0948. The number of aliphatic hydroxyl groups is 3. The van der Waals surface area contributed by atoms with Gasteiger partial charge in [-0.25, -0.2) is 15.0 Å². The lowest BCUT2D eigenvalue weighted by Crippen LogP contribution is -2.44. The van der Waals surface area contributed by atoms with Crippen LogP contribution in [0.5, 0.6) is 5.19 Å². The van der Waals surface area contributed by atoms with Gasteiger partial charge in [-0.3, -0.25) is 0 Å². The molecule has 4 rings (SSSR count). The van der Waals surface area contributed by atoms with Crippen LogP contribution in [0.3, 0.4) is 0 Å². The monoisotopic (exact) mass is 378 g/mol. The predicted octanol–water partition coefficient (Wildman–Crippen LogP) is 0.565. The Hall–Kier alpha value is -2.11. The van der Waals surface area contributed by atoms with Gasteiger partial charge in [0.1, 0.15) is 29.8 Å². The van der Waals surface area contributed by atoms with Crippen LogP contribution in [-0.4, -0.2) is 66.4 Å². The maximum absolute atomic E-state index is 10.8. The number of aromatic nitrogens is 4. The molecule has 1 aliphatic rings. The zero-order valence-corrected chi connectivity index (χ0v) is 14.9. The van der Waals surface area contributed by atoms with E-state index in [1.165, 1.54) is 24.6 Å². The topological polar surface area (TPSA) is 123 Å². The predicted molar refractivity (Wildman–Crippen MR) is 92.8 cm³/mol. The van der Waals surface area contributed by atoms with Crippen LogP contribution in [0, 0.1) is 0 Å². The summed E-state index contributed by atoms with van der Waals surface area (Å²) in [5, 5.41) is 33.6. The molecule has 9 nitrogen and oxygen atoms in total. The molecular weight excluding hydrogens is 360 g/mol. The Bertz CT molecular complexity index is 940. The molecule has 0 spiro atoms. The van der Waals surface area contributed by atoms with Gasteiger partial charge in [0.05, 0.1) is 19.4 Å². The summed E-state index contributed by atoms with van der Waals surface area (Å²) in [6, 6.07) is 0. The standard InChI is InChI=1S/C16H18N4O5S/c1-16(23)12(22)11(5-21)25-14(16)20-4-9(8-3-17-7-18-13(8)20)10-6-26-15(19-10)24-2/h3-4,6-7,11-12,14,21-23H,5H2,1-2H3/t11-,12-,14-,16-/m1/s1. The first kappa shape index (κ1) is 17.3. The highest BCUT2D eigenvalue weighted by molar-refractivity contribution is 7.11. The molecule has 1 saturated heterocycles. The van der Waals surface area contributed by atoms with Crippen LogP contribution >= 0.6 is 11.3 Å². The minimum atomic E-state index is -1.61. The molecular formula is C16H18N4O5S. The molecule has 0 amide bonds. The van der Waals surface area contributed by atoms with Gasteiger partial charge in [-0.15, -0.1) is 0 Å². The fraction of sp³-hybridized carbons (Fsp3) is 0.438. The Morgan fingerprint density at radius 1 is 1.46 bits per heavy atom. The number of hydrogen-bond acceptors (Lipinski definition) is 9. The summed E-state index contributed by atoms with van der Waals surface area (Å²) in [5.41, 5.74) is 0.350. The highest BCUT2D eigenvalue weighted by Crippen LogP contribution is 2.42. The summed E-state index contributed by atoms with van der Waals surface area (Å²) in [4.78, 5) is 12.8. The van der Waals surface area contributed by atoms with Gasteiger partial charge in [0.2, 0.25) is 0 Å². The number of fused-ring (bicyclic) bond motifs is 1. The quantitative estimate of drug-likeness (QED) is 0.602. The van der Waals surface area contributed by atoms with E-state index in [1.807, 2.05) is 5.38 Å². The lowest BCUT2D eigenvalue weighted by atomic mass is 9.96. The zero-order valence-electron chi connectivity index (χ0n) is 14.1. The smallest absolute Gasteiger partial charge is 0.273 e. The first-order valence-corrected chi connectivity index (χ1v) is 8.82. The van der Waals surface area contributed by atoms with E-state index >= 15 is 0 Å². The molecule has 1 aliphatic heterocycles.